The number of halogens is 1. The van der Waals surface area contributed by atoms with Gasteiger partial charge in [0.05, 0.1) is 7.11 Å². The monoisotopic (exact) mass is 438 g/mol. The van der Waals surface area contributed by atoms with Crippen molar-refractivity contribution in [1.82, 2.24) is 5.32 Å². The van der Waals surface area contributed by atoms with Crippen molar-refractivity contribution in [1.29, 1.82) is 0 Å². The van der Waals surface area contributed by atoms with Gasteiger partial charge in [-0.25, -0.2) is 0 Å². The average Bonchev–Trinajstić information content (AvgIpc) is 2.78. The maximum absolute atomic E-state index is 12.2. The third-order valence-electron chi connectivity index (χ3n) is 4.80. The molecule has 3 aromatic rings. The number of hydrogen-bond donors (Lipinski definition) is 2. The maximum atomic E-state index is 12.2. The van der Waals surface area contributed by atoms with Gasteiger partial charge in [-0.15, -0.1) is 0 Å². The van der Waals surface area contributed by atoms with Gasteiger partial charge in [0.2, 0.25) is 0 Å². The van der Waals surface area contributed by atoms with Crippen LogP contribution in [-0.2, 0) is 17.8 Å². The smallest absolute Gasteiger partial charge is 0.262 e. The molecular weight excluding hydrogens is 412 g/mol. The van der Waals surface area contributed by atoms with E-state index in [9.17, 15) is 4.79 Å². The molecule has 0 saturated heterocycles. The molecule has 0 unspecified atom stereocenters. The molecular formula is C25H27ClN2O3. The first kappa shape index (κ1) is 22.7. The van der Waals surface area contributed by atoms with Crippen LogP contribution in [0.25, 0.3) is 0 Å². The molecule has 0 saturated carbocycles. The predicted molar refractivity (Wildman–Crippen MR) is 125 cm³/mol. The van der Waals surface area contributed by atoms with Crippen LogP contribution in [0.2, 0.25) is 5.02 Å². The van der Waals surface area contributed by atoms with Crippen molar-refractivity contribution >= 4 is 23.2 Å². The number of amides is 1. The van der Waals surface area contributed by atoms with Crippen molar-refractivity contribution in [2.45, 2.75) is 19.9 Å². The van der Waals surface area contributed by atoms with Crippen LogP contribution in [0, 0.1) is 6.92 Å². The third-order valence-corrected chi connectivity index (χ3v) is 5.03. The highest BCUT2D eigenvalue weighted by Gasteiger charge is 2.09. The van der Waals surface area contributed by atoms with Gasteiger partial charge in [0.1, 0.15) is 11.5 Å². The van der Waals surface area contributed by atoms with E-state index in [0.717, 1.165) is 41.1 Å². The van der Waals surface area contributed by atoms with E-state index in [2.05, 4.69) is 16.7 Å². The zero-order chi connectivity index (χ0) is 22.1. The van der Waals surface area contributed by atoms with Crippen LogP contribution in [0.4, 0.5) is 5.69 Å². The second-order valence-electron chi connectivity index (χ2n) is 7.19. The van der Waals surface area contributed by atoms with Crippen LogP contribution in [0.5, 0.6) is 11.5 Å². The van der Waals surface area contributed by atoms with E-state index in [1.807, 2.05) is 55.5 Å². The first-order chi connectivity index (χ1) is 15.0. The fourth-order valence-electron chi connectivity index (χ4n) is 3.16. The van der Waals surface area contributed by atoms with Gasteiger partial charge in [0.25, 0.3) is 5.91 Å². The number of carbonyl (C=O) groups is 1. The zero-order valence-electron chi connectivity index (χ0n) is 17.8. The molecule has 0 radical (unpaired) electrons. The Morgan fingerprint density at radius 2 is 1.74 bits per heavy atom. The molecule has 3 rings (SSSR count). The molecule has 0 aliphatic carbocycles. The largest absolute Gasteiger partial charge is 0.496 e. The molecule has 3 aromatic carbocycles. The van der Waals surface area contributed by atoms with Crippen molar-refractivity contribution in [3.05, 3.63) is 88.4 Å². The lowest BCUT2D eigenvalue weighted by Gasteiger charge is -2.13. The summed E-state index contributed by atoms with van der Waals surface area (Å²) in [7, 11) is 1.68. The molecule has 0 spiro atoms. The van der Waals surface area contributed by atoms with E-state index in [0.29, 0.717) is 17.3 Å². The van der Waals surface area contributed by atoms with Gasteiger partial charge in [-0.3, -0.25) is 4.79 Å². The molecule has 0 atom stereocenters. The number of para-hydroxylation sites is 1. The van der Waals surface area contributed by atoms with Gasteiger partial charge in [0.15, 0.2) is 6.61 Å². The van der Waals surface area contributed by atoms with E-state index in [1.54, 1.807) is 19.2 Å². The van der Waals surface area contributed by atoms with Gasteiger partial charge < -0.3 is 20.1 Å². The Morgan fingerprint density at radius 3 is 2.52 bits per heavy atom. The van der Waals surface area contributed by atoms with Gasteiger partial charge in [-0.1, -0.05) is 47.5 Å². The lowest BCUT2D eigenvalue weighted by Crippen LogP contribution is -2.21. The molecule has 0 aliphatic rings. The van der Waals surface area contributed by atoms with Crippen molar-refractivity contribution in [2.24, 2.45) is 0 Å². The van der Waals surface area contributed by atoms with E-state index in [4.69, 9.17) is 21.1 Å². The highest BCUT2D eigenvalue weighted by Crippen LogP contribution is 2.23. The zero-order valence-corrected chi connectivity index (χ0v) is 18.5. The summed E-state index contributed by atoms with van der Waals surface area (Å²) < 4.78 is 11.2. The maximum Gasteiger partial charge on any atom is 0.262 e. The van der Waals surface area contributed by atoms with Crippen LogP contribution >= 0.6 is 11.6 Å². The Hall–Kier alpha value is -3.02. The minimum absolute atomic E-state index is 0.0796. The van der Waals surface area contributed by atoms with E-state index < -0.39 is 0 Å². The topological polar surface area (TPSA) is 59.6 Å². The number of ether oxygens (including phenoxy) is 2. The van der Waals surface area contributed by atoms with Gasteiger partial charge in [0, 0.05) is 22.8 Å². The van der Waals surface area contributed by atoms with Crippen molar-refractivity contribution in [3.8, 4) is 11.5 Å². The number of methoxy groups -OCH3 is 1. The number of benzene rings is 3. The summed E-state index contributed by atoms with van der Waals surface area (Å²) in [6, 6.07) is 21.0. The van der Waals surface area contributed by atoms with Crippen LogP contribution in [0.1, 0.15) is 16.7 Å². The summed E-state index contributed by atoms with van der Waals surface area (Å²) in [4.78, 5) is 12.2. The number of hydrogen-bond acceptors (Lipinski definition) is 4. The van der Waals surface area contributed by atoms with Crippen molar-refractivity contribution in [3.63, 3.8) is 0 Å². The second kappa shape index (κ2) is 11.4. The van der Waals surface area contributed by atoms with Crippen LogP contribution in [0.15, 0.2) is 66.7 Å². The van der Waals surface area contributed by atoms with Crippen LogP contribution < -0.4 is 20.1 Å². The fourth-order valence-corrected chi connectivity index (χ4v) is 3.35. The fraction of sp³-hybridized carbons (Fsp3) is 0.240. The molecule has 0 heterocycles. The Labute approximate surface area is 188 Å². The standard InChI is InChI=1S/C25H27ClN2O3/c1-18-7-10-22(11-8-18)28-25(29)17-31-24-12-9-21(26)15-20(24)16-27-14-13-19-5-3-4-6-23(19)30-2/h3-12,15,27H,13-14,16-17H2,1-2H3,(H,28,29). The van der Waals surface area contributed by atoms with E-state index >= 15 is 0 Å². The minimum atomic E-state index is -0.214. The number of nitrogens with one attached hydrogen (secondary N) is 2. The second-order valence-corrected chi connectivity index (χ2v) is 7.63. The number of carbonyl (C=O) groups excluding carboxylic acids is 1. The Morgan fingerprint density at radius 1 is 0.968 bits per heavy atom. The third kappa shape index (κ3) is 7.02. The predicted octanol–water partition coefficient (Wildman–Crippen LogP) is 5.01. The molecule has 5 nitrogen and oxygen atoms in total. The number of aryl methyl sites for hydroxylation is 1. The Balaban J connectivity index is 1.52. The molecule has 0 fully saturated rings. The molecule has 2 N–H and O–H groups in total. The Kier molecular flexibility index (Phi) is 8.33. The SMILES string of the molecule is COc1ccccc1CCNCc1cc(Cl)ccc1OCC(=O)Nc1ccc(C)cc1. The van der Waals surface area contributed by atoms with Crippen molar-refractivity contribution in [2.75, 3.05) is 25.6 Å². The molecule has 0 aliphatic heterocycles. The van der Waals surface area contributed by atoms with Crippen LogP contribution in [0.3, 0.4) is 0 Å². The van der Waals surface area contributed by atoms with Gasteiger partial charge >= 0.3 is 0 Å². The lowest BCUT2D eigenvalue weighted by molar-refractivity contribution is -0.118. The molecule has 162 valence electrons. The highest BCUT2D eigenvalue weighted by molar-refractivity contribution is 6.30. The molecule has 31 heavy (non-hydrogen) atoms. The van der Waals surface area contributed by atoms with Crippen LogP contribution in [-0.4, -0.2) is 26.2 Å². The van der Waals surface area contributed by atoms with Gasteiger partial charge in [-0.2, -0.15) is 0 Å². The first-order valence-electron chi connectivity index (χ1n) is 10.2. The highest BCUT2D eigenvalue weighted by atomic mass is 35.5. The summed E-state index contributed by atoms with van der Waals surface area (Å²) in [5.74, 6) is 1.30. The summed E-state index contributed by atoms with van der Waals surface area (Å²) >= 11 is 6.17. The van der Waals surface area contributed by atoms with E-state index in [1.165, 1.54) is 0 Å². The van der Waals surface area contributed by atoms with E-state index in [-0.39, 0.29) is 12.5 Å². The number of rotatable bonds is 10. The molecule has 1 amide bonds. The molecule has 0 aromatic heterocycles. The summed E-state index contributed by atoms with van der Waals surface area (Å²) in [5.41, 5.74) is 3.93. The summed E-state index contributed by atoms with van der Waals surface area (Å²) in [5, 5.41) is 6.86. The van der Waals surface area contributed by atoms with Gasteiger partial charge in [-0.05, 0) is 61.9 Å². The molecule has 6 heteroatoms. The molecule has 0 bridgehead atoms. The number of anilines is 1. The Bertz CT molecular complexity index is 1010. The lowest BCUT2D eigenvalue weighted by atomic mass is 10.1. The first-order valence-corrected chi connectivity index (χ1v) is 10.5. The normalized spacial score (nSPS) is 10.5. The summed E-state index contributed by atoms with van der Waals surface area (Å²) in [6.45, 7) is 3.26. The minimum Gasteiger partial charge on any atom is -0.496 e. The summed E-state index contributed by atoms with van der Waals surface area (Å²) in [6.07, 6.45) is 0.833. The quantitative estimate of drug-likeness (QED) is 0.437. The van der Waals surface area contributed by atoms with Crippen molar-refractivity contribution < 1.29 is 14.3 Å². The average molecular weight is 439 g/mol.